The average molecular weight is 347 g/mol. The van der Waals surface area contributed by atoms with Crippen LogP contribution in [0, 0.1) is 18.3 Å². The largest absolute Gasteiger partial charge is 0.463 e. The maximum Gasteiger partial charge on any atom is 0.253 e. The van der Waals surface area contributed by atoms with Crippen LogP contribution in [-0.2, 0) is 0 Å². The molecule has 7 heteroatoms. The second-order valence-corrected chi connectivity index (χ2v) is 5.50. The third-order valence-corrected chi connectivity index (χ3v) is 3.74. The van der Waals surface area contributed by atoms with Crippen molar-refractivity contribution in [3.05, 3.63) is 65.7 Å². The van der Waals surface area contributed by atoms with Gasteiger partial charge in [0.25, 0.3) is 5.91 Å². The molecular weight excluding hydrogens is 330 g/mol. The zero-order valence-electron chi connectivity index (χ0n) is 14.2. The summed E-state index contributed by atoms with van der Waals surface area (Å²) in [6, 6.07) is 12.6. The van der Waals surface area contributed by atoms with Crippen LogP contribution in [0.3, 0.4) is 0 Å². The van der Waals surface area contributed by atoms with Gasteiger partial charge in [0.05, 0.1) is 23.1 Å². The van der Waals surface area contributed by atoms with E-state index in [-0.39, 0.29) is 5.91 Å². The van der Waals surface area contributed by atoms with Gasteiger partial charge in [-0.25, -0.2) is 9.97 Å². The van der Waals surface area contributed by atoms with Crippen molar-refractivity contribution in [1.29, 1.82) is 5.26 Å². The Morgan fingerprint density at radius 1 is 1.23 bits per heavy atom. The summed E-state index contributed by atoms with van der Waals surface area (Å²) < 4.78 is 5.32. The second-order valence-electron chi connectivity index (χ2n) is 5.50. The molecule has 2 N–H and O–H groups in total. The zero-order chi connectivity index (χ0) is 18.4. The van der Waals surface area contributed by atoms with Gasteiger partial charge >= 0.3 is 0 Å². The molecular formula is C19H17N5O2. The number of rotatable bonds is 6. The molecule has 1 amide bonds. The first kappa shape index (κ1) is 17.2. The van der Waals surface area contributed by atoms with Crippen LogP contribution in [0.5, 0.6) is 0 Å². The lowest BCUT2D eigenvalue weighted by molar-refractivity contribution is 0.0954. The molecule has 0 radical (unpaired) electrons. The Morgan fingerprint density at radius 2 is 2.12 bits per heavy atom. The zero-order valence-corrected chi connectivity index (χ0v) is 14.2. The fourth-order valence-corrected chi connectivity index (χ4v) is 2.45. The van der Waals surface area contributed by atoms with Crippen molar-refractivity contribution in [1.82, 2.24) is 15.3 Å². The molecule has 3 heterocycles. The standard InChI is InChI=1S/C19H17N5O2/c1-13-15(6-7-16(24-13)17-5-3-11-26-17)19(25)23-10-9-22-18-14(12-20)4-2-8-21-18/h2-8,11H,9-10H2,1H3,(H,21,22)(H,23,25). The first-order chi connectivity index (χ1) is 12.7. The molecule has 3 rings (SSSR count). The van der Waals surface area contributed by atoms with Crippen LogP contribution in [0.4, 0.5) is 5.82 Å². The normalized spacial score (nSPS) is 10.2. The van der Waals surface area contributed by atoms with E-state index in [0.717, 1.165) is 0 Å². The van der Waals surface area contributed by atoms with Crippen molar-refractivity contribution in [2.45, 2.75) is 6.92 Å². The van der Waals surface area contributed by atoms with Crippen LogP contribution < -0.4 is 10.6 Å². The van der Waals surface area contributed by atoms with Crippen molar-refractivity contribution >= 4 is 11.7 Å². The third-order valence-electron chi connectivity index (χ3n) is 3.74. The number of aryl methyl sites for hydroxylation is 1. The first-order valence-electron chi connectivity index (χ1n) is 8.08. The number of nitriles is 1. The Balaban J connectivity index is 1.56. The number of carbonyl (C=O) groups is 1. The fraction of sp³-hybridized carbons (Fsp3) is 0.158. The summed E-state index contributed by atoms with van der Waals surface area (Å²) in [6.07, 6.45) is 3.19. The SMILES string of the molecule is Cc1nc(-c2ccco2)ccc1C(=O)NCCNc1ncccc1C#N. The number of nitrogens with zero attached hydrogens (tertiary/aromatic N) is 3. The van der Waals surface area contributed by atoms with Crippen molar-refractivity contribution in [2.75, 3.05) is 18.4 Å². The Labute approximate surface area is 150 Å². The van der Waals surface area contributed by atoms with Crippen LogP contribution >= 0.6 is 0 Å². The molecule has 0 aliphatic rings. The molecule has 0 saturated heterocycles. The van der Waals surface area contributed by atoms with Crippen LogP contribution in [-0.4, -0.2) is 29.0 Å². The minimum Gasteiger partial charge on any atom is -0.463 e. The predicted octanol–water partition coefficient (Wildman–Crippen LogP) is 2.76. The fourth-order valence-electron chi connectivity index (χ4n) is 2.45. The van der Waals surface area contributed by atoms with E-state index in [1.54, 1.807) is 49.7 Å². The van der Waals surface area contributed by atoms with Crippen LogP contribution in [0.15, 0.2) is 53.3 Å². The van der Waals surface area contributed by atoms with Gasteiger partial charge in [-0.2, -0.15) is 5.26 Å². The molecule has 3 aromatic rings. The number of carbonyl (C=O) groups excluding carboxylic acids is 1. The van der Waals surface area contributed by atoms with Crippen molar-refractivity contribution in [3.8, 4) is 17.5 Å². The quantitative estimate of drug-likeness (QED) is 0.665. The van der Waals surface area contributed by atoms with Gasteiger partial charge in [0.15, 0.2) is 5.76 Å². The Bertz CT molecular complexity index is 945. The maximum absolute atomic E-state index is 12.3. The minimum atomic E-state index is -0.204. The van der Waals surface area contributed by atoms with Crippen molar-refractivity contribution in [3.63, 3.8) is 0 Å². The third kappa shape index (κ3) is 3.87. The molecule has 130 valence electrons. The van der Waals surface area contributed by atoms with E-state index < -0.39 is 0 Å². The molecule has 0 unspecified atom stereocenters. The van der Waals surface area contributed by atoms with E-state index >= 15 is 0 Å². The summed E-state index contributed by atoms with van der Waals surface area (Å²) >= 11 is 0. The molecule has 0 aromatic carbocycles. The summed E-state index contributed by atoms with van der Waals surface area (Å²) in [5.41, 5.74) is 2.29. The summed E-state index contributed by atoms with van der Waals surface area (Å²) in [5, 5.41) is 14.9. The minimum absolute atomic E-state index is 0.204. The highest BCUT2D eigenvalue weighted by Gasteiger charge is 2.12. The smallest absolute Gasteiger partial charge is 0.253 e. The summed E-state index contributed by atoms with van der Waals surface area (Å²) in [7, 11) is 0. The first-order valence-corrected chi connectivity index (χ1v) is 8.08. The van der Waals surface area contributed by atoms with E-state index in [2.05, 4.69) is 26.7 Å². The van der Waals surface area contributed by atoms with E-state index in [9.17, 15) is 4.79 Å². The lowest BCUT2D eigenvalue weighted by atomic mass is 10.1. The lowest BCUT2D eigenvalue weighted by Crippen LogP contribution is -2.29. The predicted molar refractivity (Wildman–Crippen MR) is 96.5 cm³/mol. The molecule has 0 aliphatic heterocycles. The van der Waals surface area contributed by atoms with E-state index in [1.165, 1.54) is 0 Å². The molecule has 0 bridgehead atoms. The van der Waals surface area contributed by atoms with Crippen molar-refractivity contribution < 1.29 is 9.21 Å². The Kier molecular flexibility index (Phi) is 5.25. The van der Waals surface area contributed by atoms with E-state index in [1.807, 2.05) is 6.07 Å². The van der Waals surface area contributed by atoms with E-state index in [4.69, 9.17) is 9.68 Å². The molecule has 0 saturated carbocycles. The number of hydrogen-bond acceptors (Lipinski definition) is 6. The maximum atomic E-state index is 12.3. The van der Waals surface area contributed by atoms with Gasteiger partial charge in [-0.05, 0) is 43.3 Å². The van der Waals surface area contributed by atoms with Crippen molar-refractivity contribution in [2.24, 2.45) is 0 Å². The van der Waals surface area contributed by atoms with Crippen LogP contribution in [0.2, 0.25) is 0 Å². The second kappa shape index (κ2) is 7.94. The molecule has 0 spiro atoms. The highest BCUT2D eigenvalue weighted by atomic mass is 16.3. The summed E-state index contributed by atoms with van der Waals surface area (Å²) in [4.78, 5) is 20.9. The van der Waals surface area contributed by atoms with Gasteiger partial charge in [-0.3, -0.25) is 4.79 Å². The molecule has 0 atom stereocenters. The summed E-state index contributed by atoms with van der Waals surface area (Å²) in [5.74, 6) is 0.960. The van der Waals surface area contributed by atoms with Crippen LogP contribution in [0.25, 0.3) is 11.5 Å². The number of hydrogen-bond donors (Lipinski definition) is 2. The highest BCUT2D eigenvalue weighted by Crippen LogP contribution is 2.19. The molecule has 0 aliphatic carbocycles. The van der Waals surface area contributed by atoms with Gasteiger partial charge < -0.3 is 15.1 Å². The molecule has 7 nitrogen and oxygen atoms in total. The highest BCUT2D eigenvalue weighted by molar-refractivity contribution is 5.95. The molecule has 26 heavy (non-hydrogen) atoms. The number of pyridine rings is 2. The number of furan rings is 1. The van der Waals surface area contributed by atoms with Gasteiger partial charge in [-0.1, -0.05) is 0 Å². The number of amides is 1. The topological polar surface area (TPSA) is 104 Å². The number of anilines is 1. The Morgan fingerprint density at radius 3 is 2.85 bits per heavy atom. The van der Waals surface area contributed by atoms with Gasteiger partial charge in [0.1, 0.15) is 17.6 Å². The van der Waals surface area contributed by atoms with Gasteiger partial charge in [0.2, 0.25) is 0 Å². The summed E-state index contributed by atoms with van der Waals surface area (Å²) in [6.45, 7) is 2.63. The Hall–Kier alpha value is -3.66. The number of aromatic nitrogens is 2. The van der Waals surface area contributed by atoms with E-state index in [0.29, 0.717) is 47.2 Å². The average Bonchev–Trinajstić information content (AvgIpc) is 3.20. The monoisotopic (exact) mass is 347 g/mol. The van der Waals surface area contributed by atoms with Gasteiger partial charge in [0, 0.05) is 19.3 Å². The number of nitrogens with one attached hydrogen (secondary N) is 2. The molecule has 0 fully saturated rings. The lowest BCUT2D eigenvalue weighted by Gasteiger charge is -2.10. The molecule has 3 aromatic heterocycles. The van der Waals surface area contributed by atoms with Gasteiger partial charge in [-0.15, -0.1) is 0 Å². The van der Waals surface area contributed by atoms with Crippen LogP contribution in [0.1, 0.15) is 21.6 Å².